The number of carbonyl (C=O) groups excluding carboxylic acids is 1. The Labute approximate surface area is 107 Å². The van der Waals surface area contributed by atoms with E-state index in [1.165, 1.54) is 6.42 Å². The van der Waals surface area contributed by atoms with Gasteiger partial charge in [-0.2, -0.15) is 5.26 Å². The summed E-state index contributed by atoms with van der Waals surface area (Å²) in [6.45, 7) is 1.74. The van der Waals surface area contributed by atoms with E-state index in [-0.39, 0.29) is 12.0 Å². The highest BCUT2D eigenvalue weighted by Crippen LogP contribution is 2.23. The predicted molar refractivity (Wildman–Crippen MR) is 68.0 cm³/mol. The molecule has 4 heteroatoms. The van der Waals surface area contributed by atoms with Gasteiger partial charge >= 0.3 is 0 Å². The maximum absolute atomic E-state index is 11.9. The molecule has 18 heavy (non-hydrogen) atoms. The monoisotopic (exact) mass is 244 g/mol. The van der Waals surface area contributed by atoms with Gasteiger partial charge in [-0.1, -0.05) is 12.1 Å². The molecule has 0 radical (unpaired) electrons. The van der Waals surface area contributed by atoms with Gasteiger partial charge in [0.25, 0.3) is 5.91 Å². The van der Waals surface area contributed by atoms with Crippen molar-refractivity contribution in [3.8, 4) is 6.07 Å². The summed E-state index contributed by atoms with van der Waals surface area (Å²) in [6.07, 6.45) is 2.98. The molecule has 0 aromatic heterocycles. The third kappa shape index (κ3) is 2.88. The molecule has 0 spiro atoms. The first-order valence-corrected chi connectivity index (χ1v) is 6.16. The predicted octanol–water partition coefficient (Wildman–Crippen LogP) is 2.45. The molecule has 1 aliphatic carbocycles. The van der Waals surface area contributed by atoms with Crippen LogP contribution in [-0.2, 0) is 9.53 Å². The van der Waals surface area contributed by atoms with Crippen molar-refractivity contribution in [2.75, 3.05) is 5.32 Å². The number of nitriles is 1. The van der Waals surface area contributed by atoms with E-state index < -0.39 is 6.10 Å². The standard InChI is InChI=1S/C14H16N2O2/c1-10(18-12-6-4-7-12)14(17)16-13-8-3-2-5-11(13)9-15/h2-3,5,8,10,12H,4,6-7H2,1H3,(H,16,17). The molecule has 1 fully saturated rings. The molecule has 1 atom stereocenters. The zero-order valence-electron chi connectivity index (χ0n) is 10.3. The zero-order chi connectivity index (χ0) is 13.0. The van der Waals surface area contributed by atoms with Crippen LogP contribution in [0.2, 0.25) is 0 Å². The summed E-state index contributed by atoms with van der Waals surface area (Å²) >= 11 is 0. The van der Waals surface area contributed by atoms with Crippen molar-refractivity contribution >= 4 is 11.6 Å². The van der Waals surface area contributed by atoms with Crippen LogP contribution in [0.5, 0.6) is 0 Å². The molecule has 0 aliphatic heterocycles. The van der Waals surface area contributed by atoms with Gasteiger partial charge in [-0.05, 0) is 38.3 Å². The fraction of sp³-hybridized carbons (Fsp3) is 0.429. The van der Waals surface area contributed by atoms with E-state index in [9.17, 15) is 4.79 Å². The average molecular weight is 244 g/mol. The molecular weight excluding hydrogens is 228 g/mol. The zero-order valence-corrected chi connectivity index (χ0v) is 10.3. The number of anilines is 1. The lowest BCUT2D eigenvalue weighted by Gasteiger charge is -2.28. The number of carbonyl (C=O) groups is 1. The van der Waals surface area contributed by atoms with Gasteiger partial charge in [0.15, 0.2) is 0 Å². The first kappa shape index (κ1) is 12.6. The summed E-state index contributed by atoms with van der Waals surface area (Å²) in [5, 5.41) is 11.7. The normalized spacial score (nSPS) is 16.4. The maximum atomic E-state index is 11.9. The van der Waals surface area contributed by atoms with Crippen LogP contribution in [0.15, 0.2) is 24.3 Å². The summed E-state index contributed by atoms with van der Waals surface area (Å²) in [4.78, 5) is 11.9. The molecule has 1 aromatic rings. The quantitative estimate of drug-likeness (QED) is 0.884. The highest BCUT2D eigenvalue weighted by molar-refractivity contribution is 5.95. The summed E-state index contributed by atoms with van der Waals surface area (Å²) < 4.78 is 5.60. The SMILES string of the molecule is CC(OC1CCC1)C(=O)Nc1ccccc1C#N. The van der Waals surface area contributed by atoms with E-state index in [1.54, 1.807) is 31.2 Å². The Bertz CT molecular complexity index is 475. The molecule has 4 nitrogen and oxygen atoms in total. The first-order valence-electron chi connectivity index (χ1n) is 6.16. The number of para-hydroxylation sites is 1. The van der Waals surface area contributed by atoms with Gasteiger partial charge in [-0.3, -0.25) is 4.79 Å². The molecule has 94 valence electrons. The lowest BCUT2D eigenvalue weighted by atomic mass is 9.96. The van der Waals surface area contributed by atoms with Crippen molar-refractivity contribution in [3.63, 3.8) is 0 Å². The van der Waals surface area contributed by atoms with E-state index in [1.807, 2.05) is 6.07 Å². The van der Waals surface area contributed by atoms with Gasteiger partial charge < -0.3 is 10.1 Å². The molecule has 0 bridgehead atoms. The van der Waals surface area contributed by atoms with E-state index in [4.69, 9.17) is 10.00 Å². The number of amides is 1. The molecule has 2 rings (SSSR count). The highest BCUT2D eigenvalue weighted by Gasteiger charge is 2.24. The number of hydrogen-bond donors (Lipinski definition) is 1. The number of nitrogens with zero attached hydrogens (tertiary/aromatic N) is 1. The third-order valence-corrected chi connectivity index (χ3v) is 3.12. The Kier molecular flexibility index (Phi) is 3.96. The van der Waals surface area contributed by atoms with E-state index in [0.717, 1.165) is 12.8 Å². The largest absolute Gasteiger partial charge is 0.365 e. The Morgan fingerprint density at radius 2 is 2.22 bits per heavy atom. The van der Waals surface area contributed by atoms with Crippen LogP contribution < -0.4 is 5.32 Å². The second kappa shape index (κ2) is 5.65. The molecule has 0 saturated heterocycles. The molecule has 1 amide bonds. The lowest BCUT2D eigenvalue weighted by molar-refractivity contribution is -0.133. The third-order valence-electron chi connectivity index (χ3n) is 3.12. The van der Waals surface area contributed by atoms with E-state index in [0.29, 0.717) is 11.3 Å². The van der Waals surface area contributed by atoms with Crippen LogP contribution in [0.1, 0.15) is 31.7 Å². The van der Waals surface area contributed by atoms with Crippen molar-refractivity contribution in [3.05, 3.63) is 29.8 Å². The second-order valence-corrected chi connectivity index (χ2v) is 4.48. The molecule has 0 heterocycles. The number of benzene rings is 1. The Balaban J connectivity index is 1.95. The van der Waals surface area contributed by atoms with Crippen LogP contribution >= 0.6 is 0 Å². The summed E-state index contributed by atoms with van der Waals surface area (Å²) in [5.74, 6) is -0.204. The summed E-state index contributed by atoms with van der Waals surface area (Å²) in [6, 6.07) is 8.99. The Morgan fingerprint density at radius 3 is 2.83 bits per heavy atom. The summed E-state index contributed by atoms with van der Waals surface area (Å²) in [7, 11) is 0. The minimum absolute atomic E-state index is 0.204. The minimum atomic E-state index is -0.484. The smallest absolute Gasteiger partial charge is 0.253 e. The molecule has 1 aliphatic rings. The minimum Gasteiger partial charge on any atom is -0.365 e. The second-order valence-electron chi connectivity index (χ2n) is 4.48. The highest BCUT2D eigenvalue weighted by atomic mass is 16.5. The number of rotatable bonds is 4. The van der Waals surface area contributed by atoms with Crippen molar-refractivity contribution in [1.29, 1.82) is 5.26 Å². The van der Waals surface area contributed by atoms with Crippen molar-refractivity contribution in [1.82, 2.24) is 0 Å². The molecule has 1 aromatic carbocycles. The number of hydrogen-bond acceptors (Lipinski definition) is 3. The molecule has 1 unspecified atom stereocenters. The topological polar surface area (TPSA) is 62.1 Å². The van der Waals surface area contributed by atoms with Gasteiger partial charge in [0.1, 0.15) is 12.2 Å². The average Bonchev–Trinajstić information content (AvgIpc) is 2.34. The van der Waals surface area contributed by atoms with Gasteiger partial charge in [-0.15, -0.1) is 0 Å². The van der Waals surface area contributed by atoms with Crippen molar-refractivity contribution < 1.29 is 9.53 Å². The van der Waals surface area contributed by atoms with Crippen molar-refractivity contribution in [2.45, 2.75) is 38.4 Å². The maximum Gasteiger partial charge on any atom is 0.253 e. The van der Waals surface area contributed by atoms with Crippen molar-refractivity contribution in [2.24, 2.45) is 0 Å². The van der Waals surface area contributed by atoms with Crippen LogP contribution in [-0.4, -0.2) is 18.1 Å². The Morgan fingerprint density at radius 1 is 1.50 bits per heavy atom. The molecule has 1 N–H and O–H groups in total. The Hall–Kier alpha value is -1.86. The fourth-order valence-corrected chi connectivity index (χ4v) is 1.78. The summed E-state index contributed by atoms with van der Waals surface area (Å²) in [5.41, 5.74) is 0.996. The number of ether oxygens (including phenoxy) is 1. The van der Waals surface area contributed by atoms with Gasteiger partial charge in [0.2, 0.25) is 0 Å². The van der Waals surface area contributed by atoms with Gasteiger partial charge in [-0.25, -0.2) is 0 Å². The van der Waals surface area contributed by atoms with E-state index >= 15 is 0 Å². The van der Waals surface area contributed by atoms with Crippen LogP contribution in [0, 0.1) is 11.3 Å². The van der Waals surface area contributed by atoms with Gasteiger partial charge in [0, 0.05) is 0 Å². The first-order chi connectivity index (χ1) is 8.70. The van der Waals surface area contributed by atoms with Crippen LogP contribution in [0.3, 0.4) is 0 Å². The number of nitrogens with one attached hydrogen (secondary N) is 1. The lowest BCUT2D eigenvalue weighted by Crippen LogP contribution is -2.34. The van der Waals surface area contributed by atoms with Crippen LogP contribution in [0.25, 0.3) is 0 Å². The van der Waals surface area contributed by atoms with E-state index in [2.05, 4.69) is 5.32 Å². The fourth-order valence-electron chi connectivity index (χ4n) is 1.78. The van der Waals surface area contributed by atoms with Gasteiger partial charge in [0.05, 0.1) is 17.4 Å². The van der Waals surface area contributed by atoms with Crippen LogP contribution in [0.4, 0.5) is 5.69 Å². The molecular formula is C14H16N2O2. The molecule has 1 saturated carbocycles.